The minimum atomic E-state index is -1.63. The average Bonchev–Trinajstić information content (AvgIpc) is 2.92. The summed E-state index contributed by atoms with van der Waals surface area (Å²) >= 11 is 0. The third-order valence-electron chi connectivity index (χ3n) is 3.82. The lowest BCUT2D eigenvalue weighted by Crippen LogP contribution is -2.37. The van der Waals surface area contributed by atoms with Crippen LogP contribution in [0.2, 0.25) is 0 Å². The van der Waals surface area contributed by atoms with Crippen molar-refractivity contribution in [2.45, 2.75) is 45.5 Å². The second-order valence-electron chi connectivity index (χ2n) is 5.15. The Morgan fingerprint density at radius 1 is 1.15 bits per heavy atom. The zero-order chi connectivity index (χ0) is 17.2. The van der Waals surface area contributed by atoms with Crippen molar-refractivity contribution in [2.75, 3.05) is 27.3 Å². The SMILES string of the molecule is [2H]C(C)C([2H])([2H])N(CCC)C1Cc2cc(OC)c(OC)cc2C1. The van der Waals surface area contributed by atoms with E-state index in [0.29, 0.717) is 18.0 Å². The normalized spacial score (nSPS) is 19.1. The number of hydrogen-bond donors (Lipinski definition) is 0. The topological polar surface area (TPSA) is 21.7 Å². The van der Waals surface area contributed by atoms with Crippen molar-refractivity contribution in [1.29, 1.82) is 0 Å². The van der Waals surface area contributed by atoms with Crippen LogP contribution in [0.5, 0.6) is 11.5 Å². The maximum Gasteiger partial charge on any atom is 0.161 e. The summed E-state index contributed by atoms with van der Waals surface area (Å²) in [5.74, 6) is 1.43. The summed E-state index contributed by atoms with van der Waals surface area (Å²) in [6, 6.07) is 4.07. The maximum absolute atomic E-state index is 8.33. The van der Waals surface area contributed by atoms with Gasteiger partial charge in [-0.15, -0.1) is 0 Å². The summed E-state index contributed by atoms with van der Waals surface area (Å²) in [6.07, 6.45) is 1.64. The van der Waals surface area contributed by atoms with E-state index in [1.807, 2.05) is 24.0 Å². The molecule has 0 radical (unpaired) electrons. The van der Waals surface area contributed by atoms with E-state index >= 15 is 0 Å². The van der Waals surface area contributed by atoms with Crippen molar-refractivity contribution in [3.8, 4) is 11.5 Å². The molecule has 3 nitrogen and oxygen atoms in total. The van der Waals surface area contributed by atoms with Gasteiger partial charge in [-0.3, -0.25) is 4.90 Å². The lowest BCUT2D eigenvalue weighted by molar-refractivity contribution is 0.202. The fraction of sp³-hybridized carbons (Fsp3) is 0.647. The molecule has 3 heteroatoms. The first kappa shape index (κ1) is 11.4. The van der Waals surface area contributed by atoms with Gasteiger partial charge in [-0.1, -0.05) is 13.8 Å². The molecule has 1 aromatic rings. The van der Waals surface area contributed by atoms with Gasteiger partial charge in [0.15, 0.2) is 11.5 Å². The molecule has 0 bridgehead atoms. The fourth-order valence-electron chi connectivity index (χ4n) is 2.90. The Bertz CT molecular complexity index is 516. The highest BCUT2D eigenvalue weighted by molar-refractivity contribution is 5.49. The van der Waals surface area contributed by atoms with Crippen LogP contribution in [0.4, 0.5) is 0 Å². The minimum absolute atomic E-state index is 0.0737. The highest BCUT2D eigenvalue weighted by Crippen LogP contribution is 2.36. The lowest BCUT2D eigenvalue weighted by atomic mass is 10.1. The first-order chi connectivity index (χ1) is 10.8. The molecule has 1 unspecified atom stereocenters. The van der Waals surface area contributed by atoms with Crippen molar-refractivity contribution >= 4 is 0 Å². The number of nitrogens with zero attached hydrogens (tertiary/aromatic N) is 1. The molecule has 1 aliphatic rings. The quantitative estimate of drug-likeness (QED) is 0.765. The second kappa shape index (κ2) is 6.98. The van der Waals surface area contributed by atoms with E-state index in [1.165, 1.54) is 11.1 Å². The molecule has 0 aliphatic heterocycles. The van der Waals surface area contributed by atoms with Crippen LogP contribution in [0.15, 0.2) is 12.1 Å². The van der Waals surface area contributed by atoms with Crippen molar-refractivity contribution in [3.63, 3.8) is 0 Å². The van der Waals surface area contributed by atoms with Crippen LogP contribution in [0, 0.1) is 0 Å². The van der Waals surface area contributed by atoms with Crippen LogP contribution < -0.4 is 9.47 Å². The molecule has 0 saturated heterocycles. The Morgan fingerprint density at radius 2 is 1.70 bits per heavy atom. The third kappa shape index (κ3) is 3.09. The fourth-order valence-corrected chi connectivity index (χ4v) is 2.90. The van der Waals surface area contributed by atoms with Crippen LogP contribution in [0.1, 0.15) is 41.9 Å². The summed E-state index contributed by atoms with van der Waals surface area (Å²) in [6.45, 7) is 2.70. The van der Waals surface area contributed by atoms with Gasteiger partial charge in [0.25, 0.3) is 0 Å². The number of ether oxygens (including phenoxy) is 2. The van der Waals surface area contributed by atoms with Crippen LogP contribution >= 0.6 is 0 Å². The molecular formula is C17H27NO2. The van der Waals surface area contributed by atoms with Gasteiger partial charge in [0.2, 0.25) is 0 Å². The van der Waals surface area contributed by atoms with E-state index in [9.17, 15) is 0 Å². The first-order valence-corrected chi connectivity index (χ1v) is 7.27. The maximum atomic E-state index is 8.33. The Kier molecular flexibility index (Phi) is 3.99. The zero-order valence-corrected chi connectivity index (χ0v) is 12.9. The number of fused-ring (bicyclic) bond motifs is 1. The number of benzene rings is 1. The van der Waals surface area contributed by atoms with Crippen molar-refractivity contribution < 1.29 is 13.6 Å². The van der Waals surface area contributed by atoms with Gasteiger partial charge in [0, 0.05) is 10.2 Å². The number of methoxy groups -OCH3 is 2. The predicted octanol–water partition coefficient (Wildman–Crippen LogP) is 3.29. The lowest BCUT2D eigenvalue weighted by Gasteiger charge is -2.27. The molecular weight excluding hydrogens is 250 g/mol. The Morgan fingerprint density at radius 3 is 2.10 bits per heavy atom. The molecule has 0 amide bonds. The standard InChI is InChI=1S/C17H27NO2/c1-5-7-18(8-6-2)15-9-13-11-16(19-3)17(20-4)12-14(13)10-15/h11-12,15H,5-10H2,1-4H3/i5D,7D2. The highest BCUT2D eigenvalue weighted by Gasteiger charge is 2.27. The van der Waals surface area contributed by atoms with Crippen molar-refractivity contribution in [3.05, 3.63) is 23.3 Å². The molecule has 1 atom stereocenters. The van der Waals surface area contributed by atoms with Gasteiger partial charge in [0.1, 0.15) is 0 Å². The van der Waals surface area contributed by atoms with E-state index in [0.717, 1.165) is 19.3 Å². The average molecular weight is 280 g/mol. The van der Waals surface area contributed by atoms with E-state index in [4.69, 9.17) is 13.6 Å². The van der Waals surface area contributed by atoms with Crippen molar-refractivity contribution in [1.82, 2.24) is 4.90 Å². The van der Waals surface area contributed by atoms with E-state index < -0.39 is 12.9 Å². The highest BCUT2D eigenvalue weighted by atomic mass is 16.5. The largest absolute Gasteiger partial charge is 0.493 e. The molecule has 0 fully saturated rings. The van der Waals surface area contributed by atoms with E-state index in [-0.39, 0.29) is 6.04 Å². The van der Waals surface area contributed by atoms with Gasteiger partial charge in [-0.25, -0.2) is 0 Å². The van der Waals surface area contributed by atoms with Gasteiger partial charge in [-0.05, 0) is 62.0 Å². The van der Waals surface area contributed by atoms with E-state index in [2.05, 4.69) is 0 Å². The van der Waals surface area contributed by atoms with Crippen LogP contribution in [-0.2, 0) is 12.8 Å². The molecule has 0 spiro atoms. The monoisotopic (exact) mass is 280 g/mol. The molecule has 20 heavy (non-hydrogen) atoms. The minimum Gasteiger partial charge on any atom is -0.493 e. The van der Waals surface area contributed by atoms with Crippen LogP contribution in [0.3, 0.4) is 0 Å². The number of rotatable bonds is 7. The third-order valence-corrected chi connectivity index (χ3v) is 3.82. The van der Waals surface area contributed by atoms with Gasteiger partial charge in [0.05, 0.1) is 14.2 Å². The molecule has 0 aromatic heterocycles. The summed E-state index contributed by atoms with van der Waals surface area (Å²) in [7, 11) is 3.25. The van der Waals surface area contributed by atoms with Crippen LogP contribution in [0.25, 0.3) is 0 Å². The molecule has 0 saturated carbocycles. The van der Waals surface area contributed by atoms with Gasteiger partial charge < -0.3 is 9.47 Å². The number of hydrogen-bond acceptors (Lipinski definition) is 3. The van der Waals surface area contributed by atoms with Crippen molar-refractivity contribution in [2.24, 2.45) is 0 Å². The summed E-state index contributed by atoms with van der Waals surface area (Å²) in [5.41, 5.74) is 2.37. The zero-order valence-electron chi connectivity index (χ0n) is 15.9. The first-order valence-electron chi connectivity index (χ1n) is 8.85. The summed E-state index contributed by atoms with van der Waals surface area (Å²) in [5, 5.41) is 0. The molecule has 0 heterocycles. The molecule has 2 rings (SSSR count). The smallest absolute Gasteiger partial charge is 0.161 e. The predicted molar refractivity (Wildman–Crippen MR) is 82.9 cm³/mol. The van der Waals surface area contributed by atoms with E-state index in [1.54, 1.807) is 21.1 Å². The molecule has 0 N–H and O–H groups in total. The molecule has 112 valence electrons. The summed E-state index contributed by atoms with van der Waals surface area (Å²) < 4.78 is 35.3. The molecule has 1 aliphatic carbocycles. The summed E-state index contributed by atoms with van der Waals surface area (Å²) in [4.78, 5) is 1.86. The van der Waals surface area contributed by atoms with Crippen LogP contribution in [-0.4, -0.2) is 38.2 Å². The van der Waals surface area contributed by atoms with Gasteiger partial charge in [-0.2, -0.15) is 0 Å². The Labute approximate surface area is 127 Å². The second-order valence-corrected chi connectivity index (χ2v) is 5.15. The Balaban J connectivity index is 2.28. The Hall–Kier alpha value is -1.22. The molecule has 1 aromatic carbocycles. The van der Waals surface area contributed by atoms with Gasteiger partial charge >= 0.3 is 0 Å².